The molecule has 2 rings (SSSR count). The van der Waals surface area contributed by atoms with Crippen LogP contribution in [-0.4, -0.2) is 24.6 Å². The van der Waals surface area contributed by atoms with E-state index in [1.54, 1.807) is 13.0 Å². The molecule has 0 spiro atoms. The van der Waals surface area contributed by atoms with Crippen LogP contribution in [0.25, 0.3) is 0 Å². The summed E-state index contributed by atoms with van der Waals surface area (Å²) in [6.07, 6.45) is 1.37. The zero-order valence-corrected chi connectivity index (χ0v) is 14.7. The Morgan fingerprint density at radius 1 is 1.26 bits per heavy atom. The highest BCUT2D eigenvalue weighted by atomic mass is 35.5. The molecule has 5 nitrogen and oxygen atoms in total. The molecule has 0 fully saturated rings. The molecule has 2 aromatic rings. The number of benzene rings is 1. The molecule has 122 valence electrons. The quantitative estimate of drug-likeness (QED) is 0.625. The van der Waals surface area contributed by atoms with Crippen LogP contribution in [0.3, 0.4) is 0 Å². The van der Waals surface area contributed by atoms with Crippen molar-refractivity contribution in [1.82, 2.24) is 9.71 Å². The maximum absolute atomic E-state index is 12.1. The van der Waals surface area contributed by atoms with E-state index in [1.807, 2.05) is 30.3 Å². The maximum atomic E-state index is 12.1. The number of hydrogen-bond acceptors (Lipinski definition) is 5. The van der Waals surface area contributed by atoms with Crippen molar-refractivity contribution in [2.45, 2.75) is 22.8 Å². The van der Waals surface area contributed by atoms with E-state index in [1.165, 1.54) is 24.0 Å². The summed E-state index contributed by atoms with van der Waals surface area (Å²) in [7, 11) is -3.78. The number of carbonyl (C=O) groups is 1. The molecular weight excluding hydrogens is 356 g/mol. The number of pyridine rings is 1. The first kappa shape index (κ1) is 17.8. The molecule has 0 radical (unpaired) electrons. The molecule has 1 aromatic heterocycles. The Bertz CT molecular complexity index is 765. The molecule has 1 amide bonds. The summed E-state index contributed by atoms with van der Waals surface area (Å²) < 4.78 is 26.2. The van der Waals surface area contributed by atoms with E-state index in [0.717, 1.165) is 4.90 Å². The predicted octanol–water partition coefficient (Wildman–Crippen LogP) is 2.86. The molecule has 1 atom stereocenters. The fourth-order valence-electron chi connectivity index (χ4n) is 1.74. The minimum absolute atomic E-state index is 0.281. The summed E-state index contributed by atoms with van der Waals surface area (Å²) in [6.45, 7) is 1.66. The Morgan fingerprint density at radius 2 is 1.96 bits per heavy atom. The Kier molecular flexibility index (Phi) is 6.04. The van der Waals surface area contributed by atoms with Gasteiger partial charge in [0.2, 0.25) is 15.9 Å². The van der Waals surface area contributed by atoms with Crippen LogP contribution in [-0.2, 0) is 20.6 Å². The van der Waals surface area contributed by atoms with E-state index in [-0.39, 0.29) is 10.9 Å². The smallest absolute Gasteiger partial charge is 0.246 e. The van der Waals surface area contributed by atoms with Crippen molar-refractivity contribution in [2.75, 3.05) is 0 Å². The first-order valence-electron chi connectivity index (χ1n) is 6.72. The van der Waals surface area contributed by atoms with Gasteiger partial charge in [0.1, 0.15) is 5.15 Å². The van der Waals surface area contributed by atoms with Gasteiger partial charge in [-0.2, -0.15) is 0 Å². The lowest BCUT2D eigenvalue weighted by Crippen LogP contribution is -2.36. The number of amides is 1. The van der Waals surface area contributed by atoms with Crippen molar-refractivity contribution in [3.63, 3.8) is 0 Å². The summed E-state index contributed by atoms with van der Waals surface area (Å²) in [4.78, 5) is 16.8. The number of nitrogens with one attached hydrogen (secondary N) is 1. The van der Waals surface area contributed by atoms with Gasteiger partial charge in [0.05, 0.1) is 11.0 Å². The second-order valence-corrected chi connectivity index (χ2v) is 8.31. The molecule has 0 aliphatic rings. The average molecular weight is 371 g/mol. The number of halogens is 1. The Hall–Kier alpha value is -1.57. The number of rotatable bonds is 6. The number of carbonyl (C=O) groups excluding carboxylic acids is 1. The lowest BCUT2D eigenvalue weighted by atomic mass is 10.3. The van der Waals surface area contributed by atoms with Crippen molar-refractivity contribution in [2.24, 2.45) is 0 Å². The van der Waals surface area contributed by atoms with Gasteiger partial charge in [-0.05, 0) is 30.7 Å². The van der Waals surface area contributed by atoms with E-state index in [9.17, 15) is 13.2 Å². The standard InChI is InChI=1S/C15H15ClN2O3S2/c1-11(22-13-5-3-2-4-6-13)15(19)18-23(20,21)10-12-7-8-14(16)17-9-12/h2-9,11H,10H2,1H3,(H,18,19). The third kappa shape index (κ3) is 5.85. The third-order valence-corrected chi connectivity index (χ3v) is 5.39. The van der Waals surface area contributed by atoms with E-state index in [0.29, 0.717) is 5.56 Å². The number of hydrogen-bond donors (Lipinski definition) is 1. The maximum Gasteiger partial charge on any atom is 0.246 e. The lowest BCUT2D eigenvalue weighted by molar-refractivity contribution is -0.118. The average Bonchev–Trinajstić information content (AvgIpc) is 2.50. The van der Waals surface area contributed by atoms with E-state index in [4.69, 9.17) is 11.6 Å². The van der Waals surface area contributed by atoms with E-state index >= 15 is 0 Å². The van der Waals surface area contributed by atoms with Gasteiger partial charge < -0.3 is 0 Å². The normalized spacial score (nSPS) is 12.6. The Morgan fingerprint density at radius 3 is 2.57 bits per heavy atom. The van der Waals surface area contributed by atoms with E-state index in [2.05, 4.69) is 9.71 Å². The minimum Gasteiger partial charge on any atom is -0.273 e. The zero-order valence-electron chi connectivity index (χ0n) is 12.3. The summed E-state index contributed by atoms with van der Waals surface area (Å²) in [6, 6.07) is 12.4. The summed E-state index contributed by atoms with van der Waals surface area (Å²) in [5.74, 6) is -0.883. The highest BCUT2D eigenvalue weighted by Crippen LogP contribution is 2.22. The molecule has 0 bridgehead atoms. The molecule has 1 aromatic carbocycles. The molecule has 0 saturated carbocycles. The van der Waals surface area contributed by atoms with Gasteiger partial charge in [0, 0.05) is 11.1 Å². The van der Waals surface area contributed by atoms with Crippen LogP contribution < -0.4 is 4.72 Å². The minimum atomic E-state index is -3.78. The molecule has 23 heavy (non-hydrogen) atoms. The summed E-state index contributed by atoms with van der Waals surface area (Å²) in [5.41, 5.74) is 0.457. The number of thioether (sulfide) groups is 1. The number of sulfonamides is 1. The first-order chi connectivity index (χ1) is 10.9. The predicted molar refractivity (Wildman–Crippen MR) is 91.8 cm³/mol. The molecule has 0 saturated heterocycles. The van der Waals surface area contributed by atoms with Gasteiger partial charge in [-0.15, -0.1) is 11.8 Å². The largest absolute Gasteiger partial charge is 0.273 e. The fraction of sp³-hybridized carbons (Fsp3) is 0.200. The fourth-order valence-corrected chi connectivity index (χ4v) is 3.98. The van der Waals surface area contributed by atoms with Gasteiger partial charge in [0.25, 0.3) is 0 Å². The second-order valence-electron chi connectivity index (χ2n) is 4.79. The second kappa shape index (κ2) is 7.81. The van der Waals surface area contributed by atoms with Crippen molar-refractivity contribution in [3.8, 4) is 0 Å². The Balaban J connectivity index is 1.96. The van der Waals surface area contributed by atoms with Crippen molar-refractivity contribution >= 4 is 39.3 Å². The van der Waals surface area contributed by atoms with Crippen LogP contribution >= 0.6 is 23.4 Å². The van der Waals surface area contributed by atoms with Crippen LogP contribution in [0.5, 0.6) is 0 Å². The molecule has 1 unspecified atom stereocenters. The van der Waals surface area contributed by atoms with Gasteiger partial charge in [0.15, 0.2) is 0 Å². The number of aromatic nitrogens is 1. The molecule has 1 heterocycles. The van der Waals surface area contributed by atoms with Crippen molar-refractivity contribution in [1.29, 1.82) is 0 Å². The van der Waals surface area contributed by atoms with Crippen molar-refractivity contribution in [3.05, 3.63) is 59.4 Å². The van der Waals surface area contributed by atoms with Crippen LogP contribution in [0.1, 0.15) is 12.5 Å². The van der Waals surface area contributed by atoms with Crippen LogP contribution in [0.15, 0.2) is 53.6 Å². The SMILES string of the molecule is CC(Sc1ccccc1)C(=O)NS(=O)(=O)Cc1ccc(Cl)nc1. The molecule has 1 N–H and O–H groups in total. The molecule has 0 aliphatic carbocycles. The van der Waals surface area contributed by atoms with Gasteiger partial charge in [-0.25, -0.2) is 13.4 Å². The first-order valence-corrected chi connectivity index (χ1v) is 9.63. The highest BCUT2D eigenvalue weighted by Gasteiger charge is 2.21. The van der Waals surface area contributed by atoms with Gasteiger partial charge in [-0.1, -0.05) is 35.9 Å². The highest BCUT2D eigenvalue weighted by molar-refractivity contribution is 8.00. The van der Waals surface area contributed by atoms with E-state index < -0.39 is 21.2 Å². The van der Waals surface area contributed by atoms with Gasteiger partial charge >= 0.3 is 0 Å². The zero-order chi connectivity index (χ0) is 16.9. The van der Waals surface area contributed by atoms with Crippen LogP contribution in [0.2, 0.25) is 5.15 Å². The molecular formula is C15H15ClN2O3S2. The third-order valence-electron chi connectivity index (χ3n) is 2.83. The van der Waals surface area contributed by atoms with Crippen LogP contribution in [0.4, 0.5) is 0 Å². The number of nitrogens with zero attached hydrogens (tertiary/aromatic N) is 1. The van der Waals surface area contributed by atoms with Crippen LogP contribution in [0, 0.1) is 0 Å². The van der Waals surface area contributed by atoms with Crippen molar-refractivity contribution < 1.29 is 13.2 Å². The monoisotopic (exact) mass is 370 g/mol. The summed E-state index contributed by atoms with van der Waals surface area (Å²) in [5, 5.41) is -0.251. The van der Waals surface area contributed by atoms with Gasteiger partial charge in [-0.3, -0.25) is 9.52 Å². The molecule has 8 heteroatoms. The summed E-state index contributed by atoms with van der Waals surface area (Å²) >= 11 is 6.95. The lowest BCUT2D eigenvalue weighted by Gasteiger charge is -2.12. The topological polar surface area (TPSA) is 76.1 Å². The Labute approximate surface area is 144 Å². The molecule has 0 aliphatic heterocycles.